The van der Waals surface area contributed by atoms with E-state index < -0.39 is 0 Å². The topological polar surface area (TPSA) is 35.6 Å². The van der Waals surface area contributed by atoms with Crippen LogP contribution >= 0.6 is 0 Å². The van der Waals surface area contributed by atoms with Gasteiger partial charge >= 0.3 is 0 Å². The Morgan fingerprint density at radius 3 is 2.75 bits per heavy atom. The van der Waals surface area contributed by atoms with Crippen molar-refractivity contribution in [3.05, 3.63) is 35.6 Å². The minimum atomic E-state index is -0.202. The summed E-state index contributed by atoms with van der Waals surface area (Å²) in [6, 6.07) is 7.25. The summed E-state index contributed by atoms with van der Waals surface area (Å²) < 4.78 is 13.5. The SMILES string of the molecule is CCN1CCC(NC(=O)CN2CCCC2c2cccc(F)c2)CC1. The van der Waals surface area contributed by atoms with Gasteiger partial charge in [0, 0.05) is 25.2 Å². The van der Waals surface area contributed by atoms with Crippen LogP contribution in [0.3, 0.4) is 0 Å². The van der Waals surface area contributed by atoms with E-state index >= 15 is 0 Å². The van der Waals surface area contributed by atoms with Crippen molar-refractivity contribution in [1.82, 2.24) is 15.1 Å². The number of hydrogen-bond donors (Lipinski definition) is 1. The van der Waals surface area contributed by atoms with Crippen molar-refractivity contribution in [2.45, 2.75) is 44.7 Å². The Balaban J connectivity index is 1.52. The average molecular weight is 333 g/mol. The lowest BCUT2D eigenvalue weighted by atomic mass is 10.0. The Morgan fingerprint density at radius 2 is 2.04 bits per heavy atom. The molecular formula is C19H28FN3O. The van der Waals surface area contributed by atoms with Crippen molar-refractivity contribution in [2.75, 3.05) is 32.7 Å². The smallest absolute Gasteiger partial charge is 0.234 e. The van der Waals surface area contributed by atoms with Crippen LogP contribution < -0.4 is 5.32 Å². The standard InChI is InChI=1S/C19H28FN3O/c1-2-22-11-8-17(9-12-22)21-19(24)14-23-10-4-7-18(23)15-5-3-6-16(20)13-15/h3,5-6,13,17-18H,2,4,7-12,14H2,1H3,(H,21,24). The highest BCUT2D eigenvalue weighted by molar-refractivity contribution is 5.78. The molecule has 132 valence electrons. The van der Waals surface area contributed by atoms with Crippen LogP contribution in [0.15, 0.2) is 24.3 Å². The van der Waals surface area contributed by atoms with E-state index in [9.17, 15) is 9.18 Å². The van der Waals surface area contributed by atoms with Crippen LogP contribution in [-0.2, 0) is 4.79 Å². The molecule has 2 aliphatic rings. The molecular weight excluding hydrogens is 305 g/mol. The van der Waals surface area contributed by atoms with Crippen LogP contribution in [0.4, 0.5) is 4.39 Å². The highest BCUT2D eigenvalue weighted by Crippen LogP contribution is 2.31. The molecule has 24 heavy (non-hydrogen) atoms. The molecule has 2 saturated heterocycles. The first kappa shape index (κ1) is 17.4. The molecule has 4 nitrogen and oxygen atoms in total. The Bertz CT molecular complexity index is 557. The highest BCUT2D eigenvalue weighted by atomic mass is 19.1. The minimum Gasteiger partial charge on any atom is -0.352 e. The van der Waals surface area contributed by atoms with Gasteiger partial charge in [0.05, 0.1) is 6.54 Å². The van der Waals surface area contributed by atoms with Gasteiger partial charge in [-0.05, 0) is 56.5 Å². The van der Waals surface area contributed by atoms with E-state index in [1.165, 1.54) is 6.07 Å². The van der Waals surface area contributed by atoms with Crippen LogP contribution in [0.2, 0.25) is 0 Å². The summed E-state index contributed by atoms with van der Waals surface area (Å²) in [5.74, 6) is -0.0975. The van der Waals surface area contributed by atoms with Gasteiger partial charge in [0.15, 0.2) is 0 Å². The molecule has 0 saturated carbocycles. The summed E-state index contributed by atoms with van der Waals surface area (Å²) in [5, 5.41) is 3.19. The van der Waals surface area contributed by atoms with Crippen LogP contribution in [0.25, 0.3) is 0 Å². The second-order valence-electron chi connectivity index (χ2n) is 6.96. The zero-order valence-corrected chi connectivity index (χ0v) is 14.5. The normalized spacial score (nSPS) is 23.5. The third-order valence-corrected chi connectivity index (χ3v) is 5.34. The predicted molar refractivity (Wildman–Crippen MR) is 93.2 cm³/mol. The van der Waals surface area contributed by atoms with E-state index in [0.29, 0.717) is 12.6 Å². The van der Waals surface area contributed by atoms with Gasteiger partial charge in [-0.2, -0.15) is 0 Å². The molecule has 1 aromatic rings. The van der Waals surface area contributed by atoms with E-state index in [1.54, 1.807) is 12.1 Å². The number of hydrogen-bond acceptors (Lipinski definition) is 3. The maximum Gasteiger partial charge on any atom is 0.234 e. The zero-order chi connectivity index (χ0) is 16.9. The zero-order valence-electron chi connectivity index (χ0n) is 14.5. The quantitative estimate of drug-likeness (QED) is 0.899. The second-order valence-corrected chi connectivity index (χ2v) is 6.96. The number of carbonyl (C=O) groups is 1. The molecule has 0 radical (unpaired) electrons. The first-order valence-electron chi connectivity index (χ1n) is 9.17. The summed E-state index contributed by atoms with van der Waals surface area (Å²) in [6.45, 7) is 6.72. The van der Waals surface area contributed by atoms with Gasteiger partial charge in [0.2, 0.25) is 5.91 Å². The van der Waals surface area contributed by atoms with Crippen molar-refractivity contribution in [1.29, 1.82) is 0 Å². The Morgan fingerprint density at radius 1 is 1.25 bits per heavy atom. The summed E-state index contributed by atoms with van der Waals surface area (Å²) in [6.07, 6.45) is 4.12. The van der Waals surface area contributed by atoms with Gasteiger partial charge in [-0.1, -0.05) is 19.1 Å². The number of nitrogens with zero attached hydrogens (tertiary/aromatic N) is 2. The molecule has 0 bridgehead atoms. The van der Waals surface area contributed by atoms with Gasteiger partial charge in [-0.25, -0.2) is 4.39 Å². The number of amides is 1. The molecule has 0 spiro atoms. The number of piperidine rings is 1. The number of halogens is 1. The van der Waals surface area contributed by atoms with Gasteiger partial charge < -0.3 is 10.2 Å². The average Bonchev–Trinajstić information content (AvgIpc) is 3.03. The fourth-order valence-electron chi connectivity index (χ4n) is 3.96. The third-order valence-electron chi connectivity index (χ3n) is 5.34. The monoisotopic (exact) mass is 333 g/mol. The van der Waals surface area contributed by atoms with E-state index in [2.05, 4.69) is 22.0 Å². The molecule has 1 atom stereocenters. The largest absolute Gasteiger partial charge is 0.352 e. The highest BCUT2D eigenvalue weighted by Gasteiger charge is 2.28. The second kappa shape index (κ2) is 8.08. The van der Waals surface area contributed by atoms with Gasteiger partial charge in [-0.3, -0.25) is 9.69 Å². The summed E-state index contributed by atoms with van der Waals surface area (Å²) >= 11 is 0. The van der Waals surface area contributed by atoms with Crippen LogP contribution in [0.1, 0.15) is 44.2 Å². The van der Waals surface area contributed by atoms with E-state index in [0.717, 1.165) is 57.4 Å². The number of rotatable bonds is 5. The van der Waals surface area contributed by atoms with E-state index in [4.69, 9.17) is 0 Å². The van der Waals surface area contributed by atoms with Gasteiger partial charge in [0.25, 0.3) is 0 Å². The number of benzene rings is 1. The van der Waals surface area contributed by atoms with Crippen molar-refractivity contribution in [3.8, 4) is 0 Å². The molecule has 1 aromatic carbocycles. The first-order valence-corrected chi connectivity index (χ1v) is 9.17. The maximum atomic E-state index is 13.5. The van der Waals surface area contributed by atoms with Crippen LogP contribution in [-0.4, -0.2) is 54.5 Å². The van der Waals surface area contributed by atoms with E-state index in [-0.39, 0.29) is 17.8 Å². The van der Waals surface area contributed by atoms with Crippen molar-refractivity contribution in [3.63, 3.8) is 0 Å². The molecule has 2 aliphatic heterocycles. The number of likely N-dealkylation sites (tertiary alicyclic amines) is 2. The van der Waals surface area contributed by atoms with Crippen molar-refractivity contribution >= 4 is 5.91 Å². The molecule has 5 heteroatoms. The molecule has 0 aromatic heterocycles. The summed E-state index contributed by atoms with van der Waals surface area (Å²) in [4.78, 5) is 17.0. The Hall–Kier alpha value is -1.46. The van der Waals surface area contributed by atoms with Gasteiger partial charge in [-0.15, -0.1) is 0 Å². The molecule has 3 rings (SSSR count). The lowest BCUT2D eigenvalue weighted by Gasteiger charge is -2.32. The van der Waals surface area contributed by atoms with Crippen molar-refractivity contribution in [2.24, 2.45) is 0 Å². The first-order chi connectivity index (χ1) is 11.7. The lowest BCUT2D eigenvalue weighted by molar-refractivity contribution is -0.123. The molecule has 1 unspecified atom stereocenters. The predicted octanol–water partition coefficient (Wildman–Crippen LogP) is 2.56. The lowest BCUT2D eigenvalue weighted by Crippen LogP contribution is -2.47. The minimum absolute atomic E-state index is 0.105. The van der Waals surface area contributed by atoms with Crippen LogP contribution in [0.5, 0.6) is 0 Å². The fourth-order valence-corrected chi connectivity index (χ4v) is 3.96. The van der Waals surface area contributed by atoms with Gasteiger partial charge in [0.1, 0.15) is 5.82 Å². The molecule has 0 aliphatic carbocycles. The van der Waals surface area contributed by atoms with Crippen molar-refractivity contribution < 1.29 is 9.18 Å². The molecule has 2 fully saturated rings. The Kier molecular flexibility index (Phi) is 5.85. The Labute approximate surface area is 144 Å². The fraction of sp³-hybridized carbons (Fsp3) is 0.632. The number of carbonyl (C=O) groups excluding carboxylic acids is 1. The molecule has 1 N–H and O–H groups in total. The summed E-state index contributed by atoms with van der Waals surface area (Å²) in [7, 11) is 0. The van der Waals surface area contributed by atoms with Crippen LogP contribution in [0, 0.1) is 5.82 Å². The molecule has 1 amide bonds. The number of nitrogens with one attached hydrogen (secondary N) is 1. The van der Waals surface area contributed by atoms with E-state index in [1.807, 2.05) is 6.07 Å². The summed E-state index contributed by atoms with van der Waals surface area (Å²) in [5.41, 5.74) is 0.983. The third kappa shape index (κ3) is 4.33. The molecule has 2 heterocycles. The maximum absolute atomic E-state index is 13.5.